The van der Waals surface area contributed by atoms with Crippen LogP contribution < -0.4 is 0 Å². The molecule has 1 aromatic carbocycles. The van der Waals surface area contributed by atoms with E-state index < -0.39 is 0 Å². The average Bonchev–Trinajstić information content (AvgIpc) is 2.50. The minimum Gasteiger partial charge on any atom is -0.342 e. The van der Waals surface area contributed by atoms with E-state index in [1.54, 1.807) is 0 Å². The van der Waals surface area contributed by atoms with E-state index in [4.69, 9.17) is 27.7 Å². The monoisotopic (exact) mass is 227 g/mol. The Hall–Kier alpha value is -0.990. The molecule has 2 nitrogen and oxygen atoms in total. The topological polar surface area (TPSA) is 26.0 Å². The van der Waals surface area contributed by atoms with Crippen LogP contribution in [0.25, 0.3) is 11.3 Å². The molecule has 1 heterocycles. The number of halogens is 2. The van der Waals surface area contributed by atoms with Crippen molar-refractivity contribution in [2.75, 3.05) is 0 Å². The summed E-state index contributed by atoms with van der Waals surface area (Å²) in [5.74, 6) is 0. The van der Waals surface area contributed by atoms with E-state index in [0.717, 1.165) is 5.56 Å². The number of aryl methyl sites for hydroxylation is 1. The molecule has 0 unspecified atom stereocenters. The molecule has 2 rings (SSSR count). The molecule has 0 aliphatic heterocycles. The largest absolute Gasteiger partial charge is 0.342 e. The molecule has 2 aromatic rings. The third-order valence-corrected chi connectivity index (χ3v) is 2.63. The van der Waals surface area contributed by atoms with E-state index in [0.29, 0.717) is 10.7 Å². The standard InChI is InChI=1S/C10H7Cl2NO/c1-6-2-4-7(5-3-6)9-8(11)10(12)14-13-9/h2-5H,1H3. The normalized spacial score (nSPS) is 10.5. The van der Waals surface area contributed by atoms with E-state index in [2.05, 4.69) is 5.16 Å². The first kappa shape index (κ1) is 9.56. The van der Waals surface area contributed by atoms with Gasteiger partial charge in [0.25, 0.3) is 0 Å². The van der Waals surface area contributed by atoms with Crippen LogP contribution in [0.3, 0.4) is 0 Å². The number of hydrogen-bond donors (Lipinski definition) is 0. The summed E-state index contributed by atoms with van der Waals surface area (Å²) < 4.78 is 4.76. The van der Waals surface area contributed by atoms with E-state index in [9.17, 15) is 0 Å². The lowest BCUT2D eigenvalue weighted by molar-refractivity contribution is 0.424. The molecule has 0 fully saturated rings. The summed E-state index contributed by atoms with van der Waals surface area (Å²) in [6.45, 7) is 2.02. The van der Waals surface area contributed by atoms with Gasteiger partial charge in [-0.25, -0.2) is 0 Å². The van der Waals surface area contributed by atoms with Crippen molar-refractivity contribution in [3.63, 3.8) is 0 Å². The van der Waals surface area contributed by atoms with Crippen LogP contribution in [-0.4, -0.2) is 5.16 Å². The van der Waals surface area contributed by atoms with Crippen LogP contribution in [0.4, 0.5) is 0 Å². The molecule has 0 N–H and O–H groups in total. The van der Waals surface area contributed by atoms with Gasteiger partial charge in [-0.1, -0.05) is 46.6 Å². The van der Waals surface area contributed by atoms with Crippen molar-refractivity contribution >= 4 is 23.2 Å². The van der Waals surface area contributed by atoms with Crippen molar-refractivity contribution < 1.29 is 4.52 Å². The molecular weight excluding hydrogens is 221 g/mol. The minimum atomic E-state index is 0.127. The molecule has 4 heteroatoms. The van der Waals surface area contributed by atoms with E-state index in [-0.39, 0.29) is 5.22 Å². The zero-order valence-electron chi connectivity index (χ0n) is 7.42. The van der Waals surface area contributed by atoms with E-state index >= 15 is 0 Å². The molecule has 0 spiro atoms. The van der Waals surface area contributed by atoms with Gasteiger partial charge in [0.2, 0.25) is 5.22 Å². The van der Waals surface area contributed by atoms with Gasteiger partial charge in [0.15, 0.2) is 0 Å². The van der Waals surface area contributed by atoms with E-state index in [1.807, 2.05) is 31.2 Å². The maximum absolute atomic E-state index is 5.89. The fraction of sp³-hybridized carbons (Fsp3) is 0.100. The highest BCUT2D eigenvalue weighted by atomic mass is 35.5. The fourth-order valence-corrected chi connectivity index (χ4v) is 1.45. The molecule has 0 aliphatic carbocycles. The molecule has 0 radical (unpaired) electrons. The smallest absolute Gasteiger partial charge is 0.245 e. The van der Waals surface area contributed by atoms with Gasteiger partial charge < -0.3 is 4.52 Å². The Morgan fingerprint density at radius 2 is 1.79 bits per heavy atom. The zero-order chi connectivity index (χ0) is 10.1. The number of nitrogens with zero attached hydrogens (tertiary/aromatic N) is 1. The molecule has 0 saturated heterocycles. The van der Waals surface area contributed by atoms with Gasteiger partial charge in [-0.15, -0.1) is 0 Å². The van der Waals surface area contributed by atoms with Crippen molar-refractivity contribution in [2.45, 2.75) is 6.92 Å². The van der Waals surface area contributed by atoms with Crippen LogP contribution in [0.15, 0.2) is 28.8 Å². The van der Waals surface area contributed by atoms with Gasteiger partial charge in [-0.3, -0.25) is 0 Å². The van der Waals surface area contributed by atoms with Crippen molar-refractivity contribution in [1.29, 1.82) is 0 Å². The molecule has 0 saturated carbocycles. The Kier molecular flexibility index (Phi) is 2.48. The highest BCUT2D eigenvalue weighted by molar-refractivity contribution is 6.42. The van der Waals surface area contributed by atoms with Crippen molar-refractivity contribution in [1.82, 2.24) is 5.16 Å². The average molecular weight is 228 g/mol. The lowest BCUT2D eigenvalue weighted by atomic mass is 10.1. The van der Waals surface area contributed by atoms with Gasteiger partial charge >= 0.3 is 0 Å². The Bertz CT molecular complexity index is 448. The summed E-state index contributed by atoms with van der Waals surface area (Å²) in [6.07, 6.45) is 0. The van der Waals surface area contributed by atoms with Crippen molar-refractivity contribution in [3.8, 4) is 11.3 Å². The van der Waals surface area contributed by atoms with Crippen LogP contribution in [0.5, 0.6) is 0 Å². The number of aromatic nitrogens is 1. The number of hydrogen-bond acceptors (Lipinski definition) is 2. The predicted octanol–water partition coefficient (Wildman–Crippen LogP) is 3.96. The highest BCUT2D eigenvalue weighted by Crippen LogP contribution is 2.32. The molecule has 0 amide bonds. The second-order valence-corrected chi connectivity index (χ2v) is 3.71. The number of rotatable bonds is 1. The Balaban J connectivity index is 2.49. The third kappa shape index (κ3) is 1.63. The Morgan fingerprint density at radius 1 is 1.14 bits per heavy atom. The number of benzene rings is 1. The Morgan fingerprint density at radius 3 is 2.29 bits per heavy atom. The van der Waals surface area contributed by atoms with Gasteiger partial charge in [-0.2, -0.15) is 0 Å². The summed E-state index contributed by atoms with van der Waals surface area (Å²) in [5.41, 5.74) is 2.66. The quantitative estimate of drug-likeness (QED) is 0.738. The first-order valence-corrected chi connectivity index (χ1v) is 4.82. The second kappa shape index (κ2) is 3.64. The van der Waals surface area contributed by atoms with Crippen LogP contribution >= 0.6 is 23.2 Å². The van der Waals surface area contributed by atoms with Crippen LogP contribution in [0, 0.1) is 6.92 Å². The summed E-state index contributed by atoms with van der Waals surface area (Å²) in [6, 6.07) is 7.81. The Labute approximate surface area is 91.4 Å². The SMILES string of the molecule is Cc1ccc(-c2noc(Cl)c2Cl)cc1. The van der Waals surface area contributed by atoms with Crippen molar-refractivity contribution in [2.24, 2.45) is 0 Å². The summed E-state index contributed by atoms with van der Waals surface area (Å²) >= 11 is 11.5. The summed E-state index contributed by atoms with van der Waals surface area (Å²) in [5, 5.41) is 4.26. The molecule has 0 bridgehead atoms. The van der Waals surface area contributed by atoms with Gasteiger partial charge in [0.05, 0.1) is 0 Å². The molecule has 0 atom stereocenters. The van der Waals surface area contributed by atoms with Gasteiger partial charge in [0, 0.05) is 5.56 Å². The van der Waals surface area contributed by atoms with Gasteiger partial charge in [0.1, 0.15) is 10.7 Å². The maximum atomic E-state index is 5.89. The van der Waals surface area contributed by atoms with Crippen LogP contribution in [0.2, 0.25) is 10.2 Å². The molecular formula is C10H7Cl2NO. The second-order valence-electron chi connectivity index (χ2n) is 2.98. The first-order chi connectivity index (χ1) is 6.68. The van der Waals surface area contributed by atoms with Crippen molar-refractivity contribution in [3.05, 3.63) is 40.1 Å². The maximum Gasteiger partial charge on any atom is 0.245 e. The predicted molar refractivity (Wildman–Crippen MR) is 56.7 cm³/mol. The van der Waals surface area contributed by atoms with Crippen LogP contribution in [0.1, 0.15) is 5.56 Å². The molecule has 72 valence electrons. The zero-order valence-corrected chi connectivity index (χ0v) is 8.93. The molecule has 14 heavy (non-hydrogen) atoms. The highest BCUT2D eigenvalue weighted by Gasteiger charge is 2.13. The fourth-order valence-electron chi connectivity index (χ4n) is 1.15. The molecule has 0 aliphatic rings. The molecule has 1 aromatic heterocycles. The van der Waals surface area contributed by atoms with Gasteiger partial charge in [-0.05, 0) is 18.5 Å². The lowest BCUT2D eigenvalue weighted by Crippen LogP contribution is -1.78. The minimum absolute atomic E-state index is 0.127. The van der Waals surface area contributed by atoms with Crippen LogP contribution in [-0.2, 0) is 0 Å². The summed E-state index contributed by atoms with van der Waals surface area (Å²) in [4.78, 5) is 0. The summed E-state index contributed by atoms with van der Waals surface area (Å²) in [7, 11) is 0. The first-order valence-electron chi connectivity index (χ1n) is 4.06. The van der Waals surface area contributed by atoms with E-state index in [1.165, 1.54) is 5.56 Å². The third-order valence-electron chi connectivity index (χ3n) is 1.92. The lowest BCUT2D eigenvalue weighted by Gasteiger charge is -1.96.